The van der Waals surface area contributed by atoms with Crippen molar-refractivity contribution in [3.05, 3.63) is 59.9 Å². The zero-order valence-corrected chi connectivity index (χ0v) is 14.0. The van der Waals surface area contributed by atoms with Crippen LogP contribution in [0.3, 0.4) is 0 Å². The standard InChI is InChI=1S/C16H23N.C3H7N/c1-4-6-14-13(3)12-16(15(14)7-5-2)8-10-17-11-9-16;1-3-4-2/h4-7,12,17H,8-11H2,1-3H3;3-4H,1H2,2H3/b6-4-,7-5-;. The van der Waals surface area contributed by atoms with Crippen LogP contribution in [0, 0.1) is 5.41 Å². The number of piperidine rings is 1. The fourth-order valence-electron chi connectivity index (χ4n) is 3.15. The lowest BCUT2D eigenvalue weighted by Crippen LogP contribution is -2.35. The molecule has 2 N–H and O–H groups in total. The van der Waals surface area contributed by atoms with Gasteiger partial charge in [0.2, 0.25) is 0 Å². The Labute approximate surface area is 130 Å². The van der Waals surface area contributed by atoms with Gasteiger partial charge >= 0.3 is 0 Å². The lowest BCUT2D eigenvalue weighted by molar-refractivity contribution is 0.333. The molecule has 2 nitrogen and oxygen atoms in total. The smallest absolute Gasteiger partial charge is 0.0168 e. The van der Waals surface area contributed by atoms with E-state index in [0.717, 1.165) is 13.1 Å². The van der Waals surface area contributed by atoms with Crippen molar-refractivity contribution in [1.82, 2.24) is 10.6 Å². The van der Waals surface area contributed by atoms with E-state index in [1.54, 1.807) is 6.20 Å². The fraction of sp³-hybridized carbons (Fsp3) is 0.474. The van der Waals surface area contributed by atoms with E-state index in [0.29, 0.717) is 5.41 Å². The molecule has 0 aromatic rings. The van der Waals surface area contributed by atoms with Gasteiger partial charge in [-0.05, 0) is 69.6 Å². The third-order valence-corrected chi connectivity index (χ3v) is 4.11. The molecule has 1 fully saturated rings. The lowest BCUT2D eigenvalue weighted by Gasteiger charge is -2.34. The number of allylic oxidation sites excluding steroid dienone is 8. The third kappa shape index (κ3) is 4.21. The minimum Gasteiger partial charge on any atom is -0.394 e. The molecule has 2 heteroatoms. The van der Waals surface area contributed by atoms with Gasteiger partial charge in [-0.15, -0.1) is 0 Å². The van der Waals surface area contributed by atoms with Crippen LogP contribution in [0.1, 0.15) is 33.6 Å². The number of hydrogen-bond donors (Lipinski definition) is 2. The first-order chi connectivity index (χ1) is 10.1. The first kappa shape index (κ1) is 17.5. The molecular formula is C19H30N2. The first-order valence-electron chi connectivity index (χ1n) is 7.84. The number of hydrogen-bond acceptors (Lipinski definition) is 2. The van der Waals surface area contributed by atoms with E-state index >= 15 is 0 Å². The molecule has 0 aromatic heterocycles. The SMILES string of the molecule is C/C=C\C1=C(/C=C\C)C2(C=C1C)CCNCC2.C=CNC. The second-order valence-corrected chi connectivity index (χ2v) is 5.55. The van der Waals surface area contributed by atoms with Crippen LogP contribution in [0.25, 0.3) is 0 Å². The molecule has 1 heterocycles. The average molecular weight is 286 g/mol. The largest absolute Gasteiger partial charge is 0.394 e. The second kappa shape index (κ2) is 8.68. The van der Waals surface area contributed by atoms with Crippen LogP contribution >= 0.6 is 0 Å². The van der Waals surface area contributed by atoms with Gasteiger partial charge < -0.3 is 10.6 Å². The maximum Gasteiger partial charge on any atom is 0.0168 e. The molecule has 0 radical (unpaired) electrons. The molecular weight excluding hydrogens is 256 g/mol. The molecule has 2 rings (SSSR count). The van der Waals surface area contributed by atoms with Crippen LogP contribution in [0.2, 0.25) is 0 Å². The summed E-state index contributed by atoms with van der Waals surface area (Å²) in [5.74, 6) is 0. The zero-order valence-electron chi connectivity index (χ0n) is 14.0. The molecule has 0 aromatic carbocycles. The van der Waals surface area contributed by atoms with Gasteiger partial charge in [0.15, 0.2) is 0 Å². The van der Waals surface area contributed by atoms with Gasteiger partial charge in [-0.25, -0.2) is 0 Å². The van der Waals surface area contributed by atoms with Crippen LogP contribution in [0.15, 0.2) is 59.9 Å². The highest BCUT2D eigenvalue weighted by atomic mass is 14.9. The summed E-state index contributed by atoms with van der Waals surface area (Å²) in [4.78, 5) is 0. The van der Waals surface area contributed by atoms with Crippen molar-refractivity contribution in [1.29, 1.82) is 0 Å². The Balaban J connectivity index is 0.000000491. The molecule has 116 valence electrons. The maximum absolute atomic E-state index is 3.47. The number of rotatable bonds is 3. The molecule has 1 aliphatic heterocycles. The Morgan fingerprint density at radius 1 is 1.19 bits per heavy atom. The topological polar surface area (TPSA) is 24.1 Å². The predicted octanol–water partition coefficient (Wildman–Crippen LogP) is 4.11. The summed E-state index contributed by atoms with van der Waals surface area (Å²) in [5, 5.41) is 6.16. The molecule has 0 amide bonds. The second-order valence-electron chi connectivity index (χ2n) is 5.55. The molecule has 0 atom stereocenters. The zero-order chi connectivity index (χ0) is 15.7. The Morgan fingerprint density at radius 3 is 2.24 bits per heavy atom. The van der Waals surface area contributed by atoms with E-state index in [2.05, 4.69) is 68.4 Å². The summed E-state index contributed by atoms with van der Waals surface area (Å²) in [7, 11) is 1.81. The highest BCUT2D eigenvalue weighted by Crippen LogP contribution is 2.48. The summed E-state index contributed by atoms with van der Waals surface area (Å²) in [6, 6.07) is 0. The molecule has 0 saturated carbocycles. The van der Waals surface area contributed by atoms with E-state index in [4.69, 9.17) is 0 Å². The van der Waals surface area contributed by atoms with Gasteiger partial charge in [0.05, 0.1) is 0 Å². The van der Waals surface area contributed by atoms with Gasteiger partial charge in [-0.1, -0.05) is 37.0 Å². The number of nitrogens with one attached hydrogen (secondary N) is 2. The van der Waals surface area contributed by atoms with Crippen molar-refractivity contribution >= 4 is 0 Å². The van der Waals surface area contributed by atoms with Gasteiger partial charge in [0, 0.05) is 12.5 Å². The molecule has 2 aliphatic rings. The van der Waals surface area contributed by atoms with Crippen molar-refractivity contribution in [2.24, 2.45) is 5.41 Å². The van der Waals surface area contributed by atoms with Crippen LogP contribution < -0.4 is 10.6 Å². The van der Waals surface area contributed by atoms with Crippen LogP contribution in [-0.4, -0.2) is 20.1 Å². The van der Waals surface area contributed by atoms with E-state index in [1.807, 2.05) is 7.05 Å². The van der Waals surface area contributed by atoms with E-state index in [9.17, 15) is 0 Å². The van der Waals surface area contributed by atoms with E-state index in [1.165, 1.54) is 29.6 Å². The fourth-order valence-corrected chi connectivity index (χ4v) is 3.15. The molecule has 0 unspecified atom stereocenters. The molecule has 1 aliphatic carbocycles. The summed E-state index contributed by atoms with van der Waals surface area (Å²) in [6.45, 7) is 12.1. The van der Waals surface area contributed by atoms with Gasteiger partial charge in [0.25, 0.3) is 0 Å². The van der Waals surface area contributed by atoms with Gasteiger partial charge in [-0.3, -0.25) is 0 Å². The molecule has 1 saturated heterocycles. The maximum atomic E-state index is 3.47. The summed E-state index contributed by atoms with van der Waals surface area (Å²) < 4.78 is 0. The molecule has 1 spiro atoms. The van der Waals surface area contributed by atoms with Crippen molar-refractivity contribution in [2.45, 2.75) is 33.6 Å². The monoisotopic (exact) mass is 286 g/mol. The first-order valence-corrected chi connectivity index (χ1v) is 7.84. The Kier molecular flexibility index (Phi) is 7.24. The summed E-state index contributed by atoms with van der Waals surface area (Å²) in [6.07, 6.45) is 15.5. The van der Waals surface area contributed by atoms with Crippen LogP contribution in [0.4, 0.5) is 0 Å². The average Bonchev–Trinajstić information content (AvgIpc) is 2.74. The van der Waals surface area contributed by atoms with Crippen LogP contribution in [-0.2, 0) is 0 Å². The Bertz CT molecular complexity index is 458. The lowest BCUT2D eigenvalue weighted by atomic mass is 9.74. The summed E-state index contributed by atoms with van der Waals surface area (Å²) >= 11 is 0. The minimum atomic E-state index is 0.302. The third-order valence-electron chi connectivity index (χ3n) is 4.11. The van der Waals surface area contributed by atoms with Gasteiger partial charge in [-0.2, -0.15) is 0 Å². The molecule has 21 heavy (non-hydrogen) atoms. The summed E-state index contributed by atoms with van der Waals surface area (Å²) in [5.41, 5.74) is 4.71. The van der Waals surface area contributed by atoms with Crippen molar-refractivity contribution in [2.75, 3.05) is 20.1 Å². The van der Waals surface area contributed by atoms with Crippen LogP contribution in [0.5, 0.6) is 0 Å². The Morgan fingerprint density at radius 2 is 1.76 bits per heavy atom. The molecule has 0 bridgehead atoms. The van der Waals surface area contributed by atoms with E-state index < -0.39 is 0 Å². The van der Waals surface area contributed by atoms with Crippen molar-refractivity contribution in [3.63, 3.8) is 0 Å². The van der Waals surface area contributed by atoms with Gasteiger partial charge in [0.1, 0.15) is 0 Å². The van der Waals surface area contributed by atoms with Crippen molar-refractivity contribution in [3.8, 4) is 0 Å². The van der Waals surface area contributed by atoms with E-state index in [-0.39, 0.29) is 0 Å². The van der Waals surface area contributed by atoms with Crippen molar-refractivity contribution < 1.29 is 0 Å². The normalized spacial score (nSPS) is 20.7. The minimum absolute atomic E-state index is 0.302. The quantitative estimate of drug-likeness (QED) is 0.815. The predicted molar refractivity (Wildman–Crippen MR) is 94.2 cm³/mol. The highest BCUT2D eigenvalue weighted by Gasteiger charge is 2.37. The Hall–Kier alpha value is -1.54. The highest BCUT2D eigenvalue weighted by molar-refractivity contribution is 5.57.